The zero-order chi connectivity index (χ0) is 31.2. The molecule has 0 aromatic heterocycles. The van der Waals surface area contributed by atoms with Crippen LogP contribution in [0.3, 0.4) is 0 Å². The van der Waals surface area contributed by atoms with E-state index in [0.29, 0.717) is 56.6 Å². The van der Waals surface area contributed by atoms with E-state index < -0.39 is 49.7 Å². The summed E-state index contributed by atoms with van der Waals surface area (Å²) in [5, 5.41) is 9.20. The van der Waals surface area contributed by atoms with Gasteiger partial charge in [-0.3, -0.25) is 9.59 Å². The molecule has 232 valence electrons. The number of halogens is 5. The Kier molecular flexibility index (Phi) is 6.92. The predicted octanol–water partition coefficient (Wildman–Crippen LogP) is 7.06. The van der Waals surface area contributed by atoms with E-state index in [0.717, 1.165) is 24.3 Å². The highest BCUT2D eigenvalue weighted by Gasteiger charge is 2.62. The van der Waals surface area contributed by atoms with Crippen LogP contribution in [0.2, 0.25) is 0 Å². The van der Waals surface area contributed by atoms with E-state index in [1.807, 2.05) is 0 Å². The van der Waals surface area contributed by atoms with E-state index in [9.17, 15) is 45.1 Å². The first-order valence-corrected chi connectivity index (χ1v) is 16.1. The molecule has 6 rings (SSSR count). The molecule has 1 spiro atoms. The summed E-state index contributed by atoms with van der Waals surface area (Å²) in [5.41, 5.74) is -3.66. The van der Waals surface area contributed by atoms with Crippen LogP contribution < -0.4 is 0 Å². The first-order valence-electron chi connectivity index (χ1n) is 14.7. The van der Waals surface area contributed by atoms with Crippen molar-refractivity contribution in [1.82, 2.24) is 0 Å². The third-order valence-electron chi connectivity index (χ3n) is 11.0. The van der Waals surface area contributed by atoms with Gasteiger partial charge >= 0.3 is 12.1 Å². The number of carboxylic acid groups (broad SMARTS) is 1. The van der Waals surface area contributed by atoms with Crippen molar-refractivity contribution < 1.29 is 45.1 Å². The van der Waals surface area contributed by atoms with Crippen LogP contribution >= 0.6 is 0 Å². The van der Waals surface area contributed by atoms with Gasteiger partial charge in [0.15, 0.2) is 9.84 Å². The highest BCUT2D eigenvalue weighted by Crippen LogP contribution is 2.63. The molecule has 2 aromatic rings. The molecule has 4 aliphatic carbocycles. The van der Waals surface area contributed by atoms with Crippen molar-refractivity contribution in [3.63, 3.8) is 0 Å². The number of carbonyl (C=O) groups excluding carboxylic acids is 1. The van der Waals surface area contributed by atoms with Crippen molar-refractivity contribution >= 4 is 21.6 Å². The van der Waals surface area contributed by atoms with Crippen LogP contribution in [-0.2, 0) is 36.3 Å². The minimum absolute atomic E-state index is 0.0314. The molecule has 5 nitrogen and oxygen atoms in total. The summed E-state index contributed by atoms with van der Waals surface area (Å²) in [6.45, 7) is 0.443. The fraction of sp³-hybridized carbons (Fsp3) is 0.562. The Morgan fingerprint density at radius 3 is 2.19 bits per heavy atom. The summed E-state index contributed by atoms with van der Waals surface area (Å²) in [6.07, 6.45) is -1.53. The maximum Gasteiger partial charge on any atom is 0.426 e. The van der Waals surface area contributed by atoms with E-state index in [1.165, 1.54) is 18.2 Å². The Morgan fingerprint density at radius 2 is 1.58 bits per heavy atom. The van der Waals surface area contributed by atoms with Crippen LogP contribution in [0, 0.1) is 34.9 Å². The van der Waals surface area contributed by atoms with Crippen LogP contribution in [-0.4, -0.2) is 31.5 Å². The second-order valence-electron chi connectivity index (χ2n) is 13.4. The molecule has 0 heterocycles. The smallest absolute Gasteiger partial charge is 0.426 e. The quantitative estimate of drug-likeness (QED) is 0.263. The standard InChI is InChI=1S/C32H33F5O5S/c1-29(34,32(35,36)37)22-3-9-26-18(12-22)2-8-25-19(13-27(38)20-14-30(15-20)16-21(17-30)28(39)40)10-11-31(25,26)43(41,42)24-6-4-23(33)5-7-24/h3-7,9,12,19-21,25H,2,8,10-11,13-17H2,1H3,(H,39,40)/t19-,20?,21?,25-,29?,30?,31-/m0/s1. The van der Waals surface area contributed by atoms with Crippen molar-refractivity contribution in [2.24, 2.45) is 29.1 Å². The lowest BCUT2D eigenvalue weighted by Gasteiger charge is -2.56. The van der Waals surface area contributed by atoms with Gasteiger partial charge in [0, 0.05) is 12.3 Å². The SMILES string of the molecule is CC(F)(c1ccc2c(c1)CC[C@H]1[C@H](CC(=O)C3CC4(CC(C(=O)O)C4)C3)CC[C@@]21S(=O)(=O)c1ccc(F)cc1)C(F)(F)F. The largest absolute Gasteiger partial charge is 0.481 e. The molecule has 11 heteroatoms. The Balaban J connectivity index is 1.32. The van der Waals surface area contributed by atoms with Crippen LogP contribution in [0.5, 0.6) is 0 Å². The monoisotopic (exact) mass is 624 g/mol. The average molecular weight is 625 g/mol. The average Bonchev–Trinajstić information content (AvgIpc) is 3.26. The van der Waals surface area contributed by atoms with Gasteiger partial charge in [-0.15, -0.1) is 0 Å². The third-order valence-corrected chi connectivity index (χ3v) is 13.6. The minimum atomic E-state index is -5.16. The van der Waals surface area contributed by atoms with E-state index in [2.05, 4.69) is 0 Å². The molecular formula is C32H33F5O5S. The second-order valence-corrected chi connectivity index (χ2v) is 15.6. The van der Waals surface area contributed by atoms with Gasteiger partial charge in [-0.05, 0) is 116 Å². The normalized spacial score (nSPS) is 33.1. The zero-order valence-electron chi connectivity index (χ0n) is 23.6. The summed E-state index contributed by atoms with van der Waals surface area (Å²) in [5.74, 6) is -2.77. The molecule has 4 aliphatic rings. The molecule has 0 bridgehead atoms. The lowest BCUT2D eigenvalue weighted by molar-refractivity contribution is -0.228. The lowest BCUT2D eigenvalue weighted by Crippen LogP contribution is -2.52. The molecule has 43 heavy (non-hydrogen) atoms. The Labute approximate surface area is 246 Å². The molecular weight excluding hydrogens is 591 g/mol. The van der Waals surface area contributed by atoms with Crippen molar-refractivity contribution in [1.29, 1.82) is 0 Å². The third kappa shape index (κ3) is 4.54. The van der Waals surface area contributed by atoms with Crippen molar-refractivity contribution in [2.75, 3.05) is 0 Å². The fourth-order valence-electron chi connectivity index (χ4n) is 8.63. The molecule has 2 aromatic carbocycles. The number of alkyl halides is 4. The van der Waals surface area contributed by atoms with Gasteiger partial charge < -0.3 is 5.11 Å². The number of fused-ring (bicyclic) bond motifs is 3. The number of aryl methyl sites for hydroxylation is 1. The topological polar surface area (TPSA) is 88.5 Å². The number of hydrogen-bond donors (Lipinski definition) is 1. The van der Waals surface area contributed by atoms with Crippen LogP contribution in [0.4, 0.5) is 22.0 Å². The highest BCUT2D eigenvalue weighted by atomic mass is 32.2. The summed E-state index contributed by atoms with van der Waals surface area (Å²) in [6, 6.07) is 7.87. The summed E-state index contributed by atoms with van der Waals surface area (Å²) < 4.78 is 96.6. The number of rotatable bonds is 7. The molecule has 0 radical (unpaired) electrons. The number of benzene rings is 2. The van der Waals surface area contributed by atoms with E-state index in [1.54, 1.807) is 0 Å². The van der Waals surface area contributed by atoms with Crippen molar-refractivity contribution in [3.8, 4) is 0 Å². The highest BCUT2D eigenvalue weighted by molar-refractivity contribution is 7.92. The minimum Gasteiger partial charge on any atom is -0.481 e. The molecule has 4 atom stereocenters. The van der Waals surface area contributed by atoms with Crippen molar-refractivity contribution in [3.05, 3.63) is 65.0 Å². The van der Waals surface area contributed by atoms with Crippen LogP contribution in [0.25, 0.3) is 0 Å². The molecule has 0 saturated heterocycles. The zero-order valence-corrected chi connectivity index (χ0v) is 24.4. The maximum absolute atomic E-state index is 14.9. The predicted molar refractivity (Wildman–Crippen MR) is 146 cm³/mol. The van der Waals surface area contributed by atoms with Crippen LogP contribution in [0.15, 0.2) is 47.4 Å². The molecule has 0 aliphatic heterocycles. The van der Waals surface area contributed by atoms with E-state index in [-0.39, 0.29) is 53.1 Å². The summed E-state index contributed by atoms with van der Waals surface area (Å²) >= 11 is 0. The van der Waals surface area contributed by atoms with Gasteiger partial charge in [0.2, 0.25) is 5.67 Å². The lowest BCUT2D eigenvalue weighted by atomic mass is 9.47. The van der Waals surface area contributed by atoms with Gasteiger partial charge in [-0.2, -0.15) is 13.2 Å². The molecule has 0 amide bonds. The number of aliphatic carboxylic acids is 1. The number of hydrogen-bond acceptors (Lipinski definition) is 4. The van der Waals surface area contributed by atoms with Gasteiger partial charge in [0.05, 0.1) is 10.8 Å². The first-order chi connectivity index (χ1) is 20.0. The maximum atomic E-state index is 14.9. The number of Topliss-reactive ketones (excluding diaryl/α,β-unsaturated/α-hetero) is 1. The fourth-order valence-corrected chi connectivity index (χ4v) is 11.1. The Morgan fingerprint density at radius 1 is 0.953 bits per heavy atom. The van der Waals surface area contributed by atoms with E-state index in [4.69, 9.17) is 0 Å². The van der Waals surface area contributed by atoms with Gasteiger partial charge in [-0.1, -0.05) is 18.2 Å². The van der Waals surface area contributed by atoms with Crippen molar-refractivity contribution in [2.45, 2.75) is 86.2 Å². The van der Waals surface area contributed by atoms with Gasteiger partial charge in [0.25, 0.3) is 0 Å². The summed E-state index contributed by atoms with van der Waals surface area (Å²) in [7, 11) is -4.23. The summed E-state index contributed by atoms with van der Waals surface area (Å²) in [4.78, 5) is 24.5. The molecule has 3 fully saturated rings. The van der Waals surface area contributed by atoms with Gasteiger partial charge in [-0.25, -0.2) is 17.2 Å². The Bertz CT molecular complexity index is 1570. The number of carboxylic acids is 1. The van der Waals surface area contributed by atoms with Crippen LogP contribution in [0.1, 0.15) is 75.0 Å². The van der Waals surface area contributed by atoms with Gasteiger partial charge in [0.1, 0.15) is 16.3 Å². The number of sulfone groups is 1. The Hall–Kier alpha value is -2.82. The molecule has 3 saturated carbocycles. The molecule has 1 N–H and O–H groups in total. The van der Waals surface area contributed by atoms with E-state index >= 15 is 0 Å². The number of carbonyl (C=O) groups is 2. The first kappa shape index (κ1) is 30.2. The molecule has 1 unspecified atom stereocenters. The number of ketones is 1. The second kappa shape index (κ2) is 9.84.